The predicted molar refractivity (Wildman–Crippen MR) is 50.5 cm³/mol. The van der Waals surface area contributed by atoms with E-state index < -0.39 is 6.03 Å². The maximum absolute atomic E-state index is 11.0. The van der Waals surface area contributed by atoms with Crippen LogP contribution in [0.3, 0.4) is 0 Å². The van der Waals surface area contributed by atoms with Crippen LogP contribution in [0.1, 0.15) is 6.92 Å². The summed E-state index contributed by atoms with van der Waals surface area (Å²) >= 11 is 0. The highest BCUT2D eigenvalue weighted by atomic mass is 16.5. The van der Waals surface area contributed by atoms with Gasteiger partial charge in [0.15, 0.2) is 0 Å². The molecule has 0 unspecified atom stereocenters. The molecule has 0 bridgehead atoms. The molecule has 0 aliphatic rings. The molecule has 74 valence electrons. The zero-order valence-corrected chi connectivity index (χ0v) is 7.79. The molecule has 0 saturated heterocycles. The number of azo groups is 1. The van der Waals surface area contributed by atoms with Crippen molar-refractivity contribution in [1.82, 2.24) is 5.06 Å². The van der Waals surface area contributed by atoms with E-state index in [4.69, 9.17) is 5.21 Å². The van der Waals surface area contributed by atoms with Crippen molar-refractivity contribution in [2.75, 3.05) is 6.54 Å². The zero-order chi connectivity index (χ0) is 10.4. The van der Waals surface area contributed by atoms with Crippen LogP contribution in [-0.2, 0) is 0 Å². The van der Waals surface area contributed by atoms with Crippen LogP contribution in [0.5, 0.6) is 0 Å². The van der Waals surface area contributed by atoms with Crippen molar-refractivity contribution < 1.29 is 10.0 Å². The first-order valence-electron chi connectivity index (χ1n) is 4.21. The topological polar surface area (TPSA) is 65.3 Å². The number of urea groups is 1. The Hall–Kier alpha value is -1.75. The third-order valence-electron chi connectivity index (χ3n) is 1.53. The standard InChI is InChI=1S/C9H11N3O2/c1-2-12(14)9(13)11-10-8-6-4-3-5-7-8/h3-7,14H,2H2,1H3. The van der Waals surface area contributed by atoms with E-state index in [1.54, 1.807) is 31.2 Å². The first-order valence-corrected chi connectivity index (χ1v) is 4.21. The van der Waals surface area contributed by atoms with Crippen LogP contribution in [0.4, 0.5) is 10.5 Å². The van der Waals surface area contributed by atoms with Crippen molar-refractivity contribution in [3.05, 3.63) is 30.3 Å². The second-order valence-electron chi connectivity index (χ2n) is 2.53. The monoisotopic (exact) mass is 193 g/mol. The number of carbonyl (C=O) groups excluding carboxylic acids is 1. The molecule has 0 spiro atoms. The molecule has 0 heterocycles. The molecule has 5 heteroatoms. The summed E-state index contributed by atoms with van der Waals surface area (Å²) in [4.78, 5) is 11.0. The first-order chi connectivity index (χ1) is 6.74. The number of carbonyl (C=O) groups is 1. The van der Waals surface area contributed by atoms with E-state index in [2.05, 4.69) is 10.2 Å². The van der Waals surface area contributed by atoms with E-state index in [9.17, 15) is 4.79 Å². The Morgan fingerprint density at radius 2 is 2.07 bits per heavy atom. The number of hydrogen-bond donors (Lipinski definition) is 1. The van der Waals surface area contributed by atoms with Crippen LogP contribution >= 0.6 is 0 Å². The normalized spacial score (nSPS) is 10.4. The van der Waals surface area contributed by atoms with Crippen molar-refractivity contribution in [3.63, 3.8) is 0 Å². The van der Waals surface area contributed by atoms with Gasteiger partial charge in [-0.2, -0.15) is 0 Å². The summed E-state index contributed by atoms with van der Waals surface area (Å²) < 4.78 is 0. The number of nitrogens with zero attached hydrogens (tertiary/aromatic N) is 3. The van der Waals surface area contributed by atoms with E-state index in [1.165, 1.54) is 0 Å². The maximum Gasteiger partial charge on any atom is 0.385 e. The number of hydroxylamine groups is 2. The molecule has 2 amide bonds. The highest BCUT2D eigenvalue weighted by Gasteiger charge is 2.05. The number of amides is 2. The van der Waals surface area contributed by atoms with Gasteiger partial charge in [0.05, 0.1) is 5.69 Å². The molecule has 0 aliphatic carbocycles. The molecule has 5 nitrogen and oxygen atoms in total. The molecule has 1 rings (SSSR count). The van der Waals surface area contributed by atoms with Gasteiger partial charge >= 0.3 is 6.03 Å². The van der Waals surface area contributed by atoms with Crippen molar-refractivity contribution >= 4 is 11.7 Å². The highest BCUT2D eigenvalue weighted by Crippen LogP contribution is 2.10. The fourth-order valence-corrected chi connectivity index (χ4v) is 0.782. The Morgan fingerprint density at radius 3 is 2.64 bits per heavy atom. The molecule has 0 fully saturated rings. The third-order valence-corrected chi connectivity index (χ3v) is 1.53. The Morgan fingerprint density at radius 1 is 1.43 bits per heavy atom. The molecule has 0 saturated carbocycles. The van der Waals surface area contributed by atoms with Gasteiger partial charge in [0.25, 0.3) is 0 Å². The van der Waals surface area contributed by atoms with Crippen LogP contribution in [0.25, 0.3) is 0 Å². The number of hydrogen-bond acceptors (Lipinski definition) is 3. The Kier molecular flexibility index (Phi) is 3.75. The van der Waals surface area contributed by atoms with Crippen molar-refractivity contribution in [1.29, 1.82) is 0 Å². The minimum atomic E-state index is -0.767. The molecular formula is C9H11N3O2. The van der Waals surface area contributed by atoms with E-state index in [-0.39, 0.29) is 6.54 Å². The smallest absolute Gasteiger partial charge is 0.284 e. The molecule has 0 atom stereocenters. The zero-order valence-electron chi connectivity index (χ0n) is 7.79. The van der Waals surface area contributed by atoms with Gasteiger partial charge in [-0.3, -0.25) is 5.21 Å². The lowest BCUT2D eigenvalue weighted by Crippen LogP contribution is -2.23. The van der Waals surface area contributed by atoms with Gasteiger partial charge in [0.1, 0.15) is 0 Å². The molecule has 1 aromatic carbocycles. The molecular weight excluding hydrogens is 182 g/mol. The SMILES string of the molecule is CCN(O)C(=O)N=Nc1ccccc1. The van der Waals surface area contributed by atoms with Gasteiger partial charge in [-0.25, -0.2) is 9.86 Å². The quantitative estimate of drug-likeness (QED) is 0.445. The average Bonchev–Trinajstić information content (AvgIpc) is 2.26. The van der Waals surface area contributed by atoms with Crippen molar-refractivity contribution in [3.8, 4) is 0 Å². The van der Waals surface area contributed by atoms with E-state index in [1.807, 2.05) is 6.07 Å². The third kappa shape index (κ3) is 2.95. The van der Waals surface area contributed by atoms with Gasteiger partial charge in [-0.15, -0.1) is 5.11 Å². The lowest BCUT2D eigenvalue weighted by Gasteiger charge is -2.05. The summed E-state index contributed by atoms with van der Waals surface area (Å²) in [6.45, 7) is 1.82. The van der Waals surface area contributed by atoms with Crippen LogP contribution in [-0.4, -0.2) is 22.8 Å². The molecule has 0 radical (unpaired) electrons. The molecule has 14 heavy (non-hydrogen) atoms. The van der Waals surface area contributed by atoms with Crippen LogP contribution in [0, 0.1) is 0 Å². The first kappa shape index (κ1) is 10.3. The number of rotatable bonds is 2. The van der Waals surface area contributed by atoms with Gasteiger partial charge < -0.3 is 0 Å². The summed E-state index contributed by atoms with van der Waals surface area (Å²) in [6, 6.07) is 8.07. The second-order valence-corrected chi connectivity index (χ2v) is 2.53. The number of benzene rings is 1. The minimum Gasteiger partial charge on any atom is -0.284 e. The van der Waals surface area contributed by atoms with Gasteiger partial charge in [0, 0.05) is 6.54 Å². The molecule has 0 aromatic heterocycles. The van der Waals surface area contributed by atoms with Crippen LogP contribution < -0.4 is 0 Å². The highest BCUT2D eigenvalue weighted by molar-refractivity contribution is 5.73. The molecule has 1 N–H and O–H groups in total. The Bertz CT molecular complexity index is 324. The van der Waals surface area contributed by atoms with Crippen LogP contribution in [0.2, 0.25) is 0 Å². The largest absolute Gasteiger partial charge is 0.385 e. The summed E-state index contributed by atoms with van der Waals surface area (Å²) in [5.41, 5.74) is 0.574. The van der Waals surface area contributed by atoms with Gasteiger partial charge in [0.2, 0.25) is 0 Å². The lowest BCUT2D eigenvalue weighted by atomic mass is 10.3. The van der Waals surface area contributed by atoms with Crippen molar-refractivity contribution in [2.24, 2.45) is 10.2 Å². The fraction of sp³-hybridized carbons (Fsp3) is 0.222. The predicted octanol–water partition coefficient (Wildman–Crippen LogP) is 2.60. The van der Waals surface area contributed by atoms with E-state index >= 15 is 0 Å². The average molecular weight is 193 g/mol. The van der Waals surface area contributed by atoms with Crippen molar-refractivity contribution in [2.45, 2.75) is 6.92 Å². The Labute approximate surface area is 81.6 Å². The molecule has 1 aromatic rings. The minimum absolute atomic E-state index is 0.187. The lowest BCUT2D eigenvalue weighted by molar-refractivity contribution is -0.0348. The van der Waals surface area contributed by atoms with Gasteiger partial charge in [-0.05, 0) is 19.1 Å². The van der Waals surface area contributed by atoms with Gasteiger partial charge in [-0.1, -0.05) is 23.3 Å². The van der Waals surface area contributed by atoms with Crippen LogP contribution in [0.15, 0.2) is 40.6 Å². The Balaban J connectivity index is 2.61. The maximum atomic E-state index is 11.0. The fourth-order valence-electron chi connectivity index (χ4n) is 0.782. The summed E-state index contributed by atoms with van der Waals surface area (Å²) in [6.07, 6.45) is 0. The summed E-state index contributed by atoms with van der Waals surface area (Å²) in [5, 5.41) is 16.4. The van der Waals surface area contributed by atoms with E-state index in [0.717, 1.165) is 0 Å². The molecule has 0 aliphatic heterocycles. The summed E-state index contributed by atoms with van der Waals surface area (Å²) in [5.74, 6) is 0. The summed E-state index contributed by atoms with van der Waals surface area (Å²) in [7, 11) is 0. The van der Waals surface area contributed by atoms with E-state index in [0.29, 0.717) is 10.8 Å². The second kappa shape index (κ2) is 5.08.